The Labute approximate surface area is 135 Å². The second kappa shape index (κ2) is 7.03. The Balaban J connectivity index is 1.80. The SMILES string of the molecule is CCCN(C(=O)c1csc(-c2ccccc2)n1)C1CCNC1. The fourth-order valence-corrected chi connectivity index (χ4v) is 3.63. The third-order valence-corrected chi connectivity index (χ3v) is 4.84. The average molecular weight is 315 g/mol. The lowest BCUT2D eigenvalue weighted by molar-refractivity contribution is 0.0687. The third-order valence-electron chi connectivity index (χ3n) is 3.94. The van der Waals surface area contributed by atoms with Crippen LogP contribution < -0.4 is 5.32 Å². The summed E-state index contributed by atoms with van der Waals surface area (Å²) in [5.41, 5.74) is 1.64. The molecule has 4 nitrogen and oxygen atoms in total. The summed E-state index contributed by atoms with van der Waals surface area (Å²) in [4.78, 5) is 19.4. The fourth-order valence-electron chi connectivity index (χ4n) is 2.83. The van der Waals surface area contributed by atoms with E-state index in [2.05, 4.69) is 17.2 Å². The first kappa shape index (κ1) is 15.2. The highest BCUT2D eigenvalue weighted by atomic mass is 32.1. The maximum Gasteiger partial charge on any atom is 0.273 e. The molecule has 1 aromatic heterocycles. The third kappa shape index (κ3) is 3.20. The summed E-state index contributed by atoms with van der Waals surface area (Å²) >= 11 is 1.53. The summed E-state index contributed by atoms with van der Waals surface area (Å²) in [7, 11) is 0. The molecule has 1 saturated heterocycles. The van der Waals surface area contributed by atoms with Gasteiger partial charge in [0.05, 0.1) is 0 Å². The average Bonchev–Trinajstić information content (AvgIpc) is 3.24. The van der Waals surface area contributed by atoms with Gasteiger partial charge in [0.25, 0.3) is 5.91 Å². The van der Waals surface area contributed by atoms with Crippen molar-refractivity contribution in [1.82, 2.24) is 15.2 Å². The van der Waals surface area contributed by atoms with Gasteiger partial charge in [-0.25, -0.2) is 4.98 Å². The van der Waals surface area contributed by atoms with Gasteiger partial charge in [0, 0.05) is 30.1 Å². The summed E-state index contributed by atoms with van der Waals surface area (Å²) in [5.74, 6) is 0.0639. The van der Waals surface area contributed by atoms with Crippen molar-refractivity contribution >= 4 is 17.2 Å². The summed E-state index contributed by atoms with van der Waals surface area (Å²) in [6.07, 6.45) is 2.00. The van der Waals surface area contributed by atoms with E-state index in [0.29, 0.717) is 11.7 Å². The largest absolute Gasteiger partial charge is 0.333 e. The van der Waals surface area contributed by atoms with Crippen molar-refractivity contribution in [1.29, 1.82) is 0 Å². The first-order chi connectivity index (χ1) is 10.8. The quantitative estimate of drug-likeness (QED) is 0.922. The Kier molecular flexibility index (Phi) is 4.85. The maximum atomic E-state index is 12.8. The minimum Gasteiger partial charge on any atom is -0.333 e. The zero-order valence-electron chi connectivity index (χ0n) is 12.8. The Morgan fingerprint density at radius 1 is 1.41 bits per heavy atom. The number of nitrogens with one attached hydrogen (secondary N) is 1. The Hall–Kier alpha value is -1.72. The molecule has 2 heterocycles. The van der Waals surface area contributed by atoms with Crippen LogP contribution in [0.1, 0.15) is 30.3 Å². The molecule has 0 radical (unpaired) electrons. The van der Waals surface area contributed by atoms with Gasteiger partial charge in [-0.15, -0.1) is 11.3 Å². The number of carbonyl (C=O) groups is 1. The lowest BCUT2D eigenvalue weighted by Gasteiger charge is -2.27. The highest BCUT2D eigenvalue weighted by Crippen LogP contribution is 2.24. The van der Waals surface area contributed by atoms with Crippen LogP contribution in [0.5, 0.6) is 0 Å². The minimum atomic E-state index is 0.0639. The molecule has 5 heteroatoms. The molecule has 0 spiro atoms. The highest BCUT2D eigenvalue weighted by molar-refractivity contribution is 7.13. The van der Waals surface area contributed by atoms with Gasteiger partial charge < -0.3 is 10.2 Å². The van der Waals surface area contributed by atoms with E-state index in [4.69, 9.17) is 0 Å². The molecule has 1 amide bonds. The molecule has 1 aliphatic rings. The van der Waals surface area contributed by atoms with Crippen molar-refractivity contribution < 1.29 is 4.79 Å². The molecule has 2 aromatic rings. The van der Waals surface area contributed by atoms with Crippen LogP contribution >= 0.6 is 11.3 Å². The van der Waals surface area contributed by atoms with Crippen LogP contribution in [0.4, 0.5) is 0 Å². The first-order valence-corrected chi connectivity index (χ1v) is 8.70. The van der Waals surface area contributed by atoms with Crippen LogP contribution in [-0.4, -0.2) is 41.5 Å². The van der Waals surface area contributed by atoms with Crippen molar-refractivity contribution in [2.45, 2.75) is 25.8 Å². The number of nitrogens with zero attached hydrogens (tertiary/aromatic N) is 2. The number of hydrogen-bond acceptors (Lipinski definition) is 4. The predicted molar refractivity (Wildman–Crippen MR) is 90.2 cm³/mol. The van der Waals surface area contributed by atoms with E-state index in [-0.39, 0.29) is 5.91 Å². The van der Waals surface area contributed by atoms with Crippen molar-refractivity contribution in [3.05, 3.63) is 41.4 Å². The number of carbonyl (C=O) groups excluding carboxylic acids is 1. The van der Waals surface area contributed by atoms with E-state index < -0.39 is 0 Å². The van der Waals surface area contributed by atoms with Gasteiger partial charge in [0.1, 0.15) is 10.7 Å². The number of hydrogen-bond donors (Lipinski definition) is 1. The smallest absolute Gasteiger partial charge is 0.273 e. The van der Waals surface area contributed by atoms with Crippen LogP contribution in [0.3, 0.4) is 0 Å². The minimum absolute atomic E-state index is 0.0639. The van der Waals surface area contributed by atoms with Crippen LogP contribution in [0.2, 0.25) is 0 Å². The molecule has 1 aliphatic heterocycles. The molecule has 22 heavy (non-hydrogen) atoms. The second-order valence-corrected chi connectivity index (χ2v) is 6.41. The number of benzene rings is 1. The van der Waals surface area contributed by atoms with Gasteiger partial charge in [-0.05, 0) is 19.4 Å². The van der Waals surface area contributed by atoms with E-state index in [9.17, 15) is 4.79 Å². The molecule has 3 rings (SSSR count). The highest BCUT2D eigenvalue weighted by Gasteiger charge is 2.28. The number of amides is 1. The molecule has 1 aromatic carbocycles. The summed E-state index contributed by atoms with van der Waals surface area (Å²) in [6, 6.07) is 10.3. The van der Waals surface area contributed by atoms with Crippen molar-refractivity contribution in [2.75, 3.05) is 19.6 Å². The van der Waals surface area contributed by atoms with Gasteiger partial charge in [0.2, 0.25) is 0 Å². The molecule has 1 N–H and O–H groups in total. The monoisotopic (exact) mass is 315 g/mol. The van der Waals surface area contributed by atoms with E-state index >= 15 is 0 Å². The predicted octanol–water partition coefficient (Wildman–Crippen LogP) is 3.02. The summed E-state index contributed by atoms with van der Waals surface area (Å²) in [6.45, 7) is 4.79. The Morgan fingerprint density at radius 2 is 2.23 bits per heavy atom. The zero-order valence-corrected chi connectivity index (χ0v) is 13.6. The zero-order chi connectivity index (χ0) is 15.4. The van der Waals surface area contributed by atoms with Crippen LogP contribution in [-0.2, 0) is 0 Å². The number of rotatable bonds is 5. The van der Waals surface area contributed by atoms with Crippen LogP contribution in [0, 0.1) is 0 Å². The Morgan fingerprint density at radius 3 is 2.91 bits per heavy atom. The van der Waals surface area contributed by atoms with E-state index in [1.807, 2.05) is 40.6 Å². The molecule has 116 valence electrons. The van der Waals surface area contributed by atoms with E-state index in [1.54, 1.807) is 0 Å². The molecule has 1 fully saturated rings. The second-order valence-electron chi connectivity index (χ2n) is 5.55. The maximum absolute atomic E-state index is 12.8. The molecular weight excluding hydrogens is 294 g/mol. The van der Waals surface area contributed by atoms with E-state index in [1.165, 1.54) is 11.3 Å². The number of aromatic nitrogens is 1. The molecular formula is C17H21N3OS. The summed E-state index contributed by atoms with van der Waals surface area (Å²) < 4.78 is 0. The normalized spacial score (nSPS) is 17.6. The number of thiazole rings is 1. The summed E-state index contributed by atoms with van der Waals surface area (Å²) in [5, 5.41) is 6.13. The molecule has 0 bridgehead atoms. The Bertz CT molecular complexity index is 620. The first-order valence-electron chi connectivity index (χ1n) is 7.82. The van der Waals surface area contributed by atoms with Crippen LogP contribution in [0.25, 0.3) is 10.6 Å². The van der Waals surface area contributed by atoms with Crippen molar-refractivity contribution in [3.63, 3.8) is 0 Å². The standard InChI is InChI=1S/C17H21N3OS/c1-2-10-20(14-8-9-18-11-14)17(21)15-12-22-16(19-15)13-6-4-3-5-7-13/h3-7,12,14,18H,2,8-11H2,1H3. The lowest BCUT2D eigenvalue weighted by Crippen LogP contribution is -2.42. The molecule has 0 saturated carbocycles. The van der Waals surface area contributed by atoms with Crippen LogP contribution in [0.15, 0.2) is 35.7 Å². The topological polar surface area (TPSA) is 45.2 Å². The van der Waals surface area contributed by atoms with Gasteiger partial charge >= 0.3 is 0 Å². The lowest BCUT2D eigenvalue weighted by atomic mass is 10.2. The molecule has 1 atom stereocenters. The van der Waals surface area contributed by atoms with Crippen molar-refractivity contribution in [2.24, 2.45) is 0 Å². The van der Waals surface area contributed by atoms with Gasteiger partial charge in [-0.2, -0.15) is 0 Å². The van der Waals surface area contributed by atoms with Gasteiger partial charge in [0.15, 0.2) is 0 Å². The fraction of sp³-hybridized carbons (Fsp3) is 0.412. The van der Waals surface area contributed by atoms with E-state index in [0.717, 1.165) is 43.0 Å². The molecule has 0 aliphatic carbocycles. The van der Waals surface area contributed by atoms with Crippen molar-refractivity contribution in [3.8, 4) is 10.6 Å². The van der Waals surface area contributed by atoms with Gasteiger partial charge in [-0.3, -0.25) is 4.79 Å². The van der Waals surface area contributed by atoms with Gasteiger partial charge in [-0.1, -0.05) is 37.3 Å². The molecule has 1 unspecified atom stereocenters.